The molecule has 0 amide bonds. The highest BCUT2D eigenvalue weighted by Crippen LogP contribution is 2.19. The first-order valence-corrected chi connectivity index (χ1v) is 7.93. The number of hydrogen-bond acceptors (Lipinski definition) is 6. The minimum atomic E-state index is -0.0804. The summed E-state index contributed by atoms with van der Waals surface area (Å²) in [6.45, 7) is 9.02. The highest BCUT2D eigenvalue weighted by Gasteiger charge is 2.13. The SMILES string of the molecule is CCNc1nc(NC(C)(C)C)nc(SCCCCl)n1. The van der Waals surface area contributed by atoms with E-state index < -0.39 is 0 Å². The number of halogens is 1. The van der Waals surface area contributed by atoms with Crippen LogP contribution in [0.5, 0.6) is 0 Å². The lowest BCUT2D eigenvalue weighted by atomic mass is 10.1. The van der Waals surface area contributed by atoms with E-state index in [-0.39, 0.29) is 5.54 Å². The Morgan fingerprint density at radius 3 is 2.42 bits per heavy atom. The van der Waals surface area contributed by atoms with E-state index in [0.717, 1.165) is 23.9 Å². The van der Waals surface area contributed by atoms with Gasteiger partial charge in [-0.05, 0) is 34.1 Å². The zero-order valence-corrected chi connectivity index (χ0v) is 13.5. The van der Waals surface area contributed by atoms with Crippen LogP contribution in [0.15, 0.2) is 5.16 Å². The number of hydrogen-bond donors (Lipinski definition) is 2. The molecule has 0 atom stereocenters. The number of thioether (sulfide) groups is 1. The van der Waals surface area contributed by atoms with Crippen LogP contribution in [0.1, 0.15) is 34.1 Å². The first-order chi connectivity index (χ1) is 8.94. The first-order valence-electron chi connectivity index (χ1n) is 6.41. The largest absolute Gasteiger partial charge is 0.354 e. The van der Waals surface area contributed by atoms with Crippen LogP contribution in [-0.2, 0) is 0 Å². The Bertz CT molecular complexity index is 394. The van der Waals surface area contributed by atoms with Gasteiger partial charge in [-0.15, -0.1) is 11.6 Å². The molecule has 19 heavy (non-hydrogen) atoms. The average Bonchev–Trinajstić information content (AvgIpc) is 2.27. The van der Waals surface area contributed by atoms with Gasteiger partial charge < -0.3 is 10.6 Å². The lowest BCUT2D eigenvalue weighted by Gasteiger charge is -2.20. The van der Waals surface area contributed by atoms with Crippen LogP contribution in [0.3, 0.4) is 0 Å². The van der Waals surface area contributed by atoms with Gasteiger partial charge in [0.15, 0.2) is 5.16 Å². The maximum absolute atomic E-state index is 5.68. The summed E-state index contributed by atoms with van der Waals surface area (Å²) in [5.74, 6) is 2.78. The third-order valence-electron chi connectivity index (χ3n) is 1.95. The van der Waals surface area contributed by atoms with Crippen molar-refractivity contribution in [1.82, 2.24) is 15.0 Å². The number of alkyl halides is 1. The maximum Gasteiger partial charge on any atom is 0.228 e. The summed E-state index contributed by atoms with van der Waals surface area (Å²) in [4.78, 5) is 13.1. The molecule has 0 bridgehead atoms. The van der Waals surface area contributed by atoms with Gasteiger partial charge in [0.25, 0.3) is 0 Å². The summed E-state index contributed by atoms with van der Waals surface area (Å²) >= 11 is 7.27. The molecule has 108 valence electrons. The van der Waals surface area contributed by atoms with Crippen molar-refractivity contribution < 1.29 is 0 Å². The molecule has 0 aliphatic heterocycles. The van der Waals surface area contributed by atoms with Crippen LogP contribution in [0, 0.1) is 0 Å². The van der Waals surface area contributed by atoms with Crippen LogP contribution in [0.25, 0.3) is 0 Å². The summed E-state index contributed by atoms with van der Waals surface area (Å²) in [5.41, 5.74) is -0.0804. The molecule has 0 unspecified atom stereocenters. The molecule has 0 aromatic carbocycles. The number of nitrogens with one attached hydrogen (secondary N) is 2. The van der Waals surface area contributed by atoms with E-state index in [1.54, 1.807) is 11.8 Å². The monoisotopic (exact) mass is 303 g/mol. The van der Waals surface area contributed by atoms with Gasteiger partial charge in [-0.25, -0.2) is 0 Å². The van der Waals surface area contributed by atoms with Crippen LogP contribution < -0.4 is 10.6 Å². The summed E-state index contributed by atoms with van der Waals surface area (Å²) < 4.78 is 0. The van der Waals surface area contributed by atoms with Crippen LogP contribution >= 0.6 is 23.4 Å². The average molecular weight is 304 g/mol. The van der Waals surface area contributed by atoms with E-state index in [0.29, 0.717) is 17.8 Å². The second kappa shape index (κ2) is 7.75. The molecule has 0 aliphatic carbocycles. The third kappa shape index (κ3) is 6.82. The molecule has 5 nitrogen and oxygen atoms in total. The smallest absolute Gasteiger partial charge is 0.228 e. The Labute approximate surface area is 124 Å². The number of anilines is 2. The van der Waals surface area contributed by atoms with Gasteiger partial charge in [-0.2, -0.15) is 15.0 Å². The Balaban J connectivity index is 2.83. The van der Waals surface area contributed by atoms with Crippen molar-refractivity contribution in [2.24, 2.45) is 0 Å². The van der Waals surface area contributed by atoms with Gasteiger partial charge in [0.05, 0.1) is 0 Å². The fourth-order valence-corrected chi connectivity index (χ4v) is 2.33. The molecule has 0 aliphatic rings. The summed E-state index contributed by atoms with van der Waals surface area (Å²) in [6.07, 6.45) is 0.941. The van der Waals surface area contributed by atoms with Gasteiger partial charge in [0, 0.05) is 23.7 Å². The summed E-state index contributed by atoms with van der Waals surface area (Å²) in [6, 6.07) is 0. The van der Waals surface area contributed by atoms with E-state index in [9.17, 15) is 0 Å². The molecule has 7 heteroatoms. The number of nitrogens with zero attached hydrogens (tertiary/aromatic N) is 3. The summed E-state index contributed by atoms with van der Waals surface area (Å²) in [7, 11) is 0. The Hall–Kier alpha value is -0.750. The minimum Gasteiger partial charge on any atom is -0.354 e. The van der Waals surface area contributed by atoms with Gasteiger partial charge >= 0.3 is 0 Å². The van der Waals surface area contributed by atoms with Gasteiger partial charge in [0.2, 0.25) is 11.9 Å². The normalized spacial score (nSPS) is 11.4. The molecule has 0 spiro atoms. The molecule has 1 heterocycles. The fourth-order valence-electron chi connectivity index (χ4n) is 1.27. The van der Waals surface area contributed by atoms with Crippen molar-refractivity contribution in [3.8, 4) is 0 Å². The molecule has 1 aromatic heterocycles. The quantitative estimate of drug-likeness (QED) is 0.458. The molecule has 0 radical (unpaired) electrons. The van der Waals surface area contributed by atoms with Crippen molar-refractivity contribution in [2.75, 3.05) is 28.8 Å². The zero-order valence-electron chi connectivity index (χ0n) is 12.0. The molecule has 1 rings (SSSR count). The van der Waals surface area contributed by atoms with Crippen molar-refractivity contribution >= 4 is 35.3 Å². The van der Waals surface area contributed by atoms with Gasteiger partial charge in [0.1, 0.15) is 0 Å². The fraction of sp³-hybridized carbons (Fsp3) is 0.750. The first kappa shape index (κ1) is 16.3. The van der Waals surface area contributed by atoms with E-state index in [1.165, 1.54) is 0 Å². The van der Waals surface area contributed by atoms with E-state index in [4.69, 9.17) is 11.6 Å². The lowest BCUT2D eigenvalue weighted by molar-refractivity contribution is 0.622. The second-order valence-corrected chi connectivity index (χ2v) is 6.50. The van der Waals surface area contributed by atoms with Gasteiger partial charge in [-0.1, -0.05) is 11.8 Å². The third-order valence-corrected chi connectivity index (χ3v) is 3.15. The zero-order chi connectivity index (χ0) is 14.3. The summed E-state index contributed by atoms with van der Waals surface area (Å²) in [5, 5.41) is 7.12. The molecular weight excluding hydrogens is 282 g/mol. The van der Waals surface area contributed by atoms with E-state index >= 15 is 0 Å². The Kier molecular flexibility index (Phi) is 6.65. The maximum atomic E-state index is 5.68. The van der Waals surface area contributed by atoms with Crippen LogP contribution in [0.4, 0.5) is 11.9 Å². The van der Waals surface area contributed by atoms with Gasteiger partial charge in [-0.3, -0.25) is 0 Å². The van der Waals surface area contributed by atoms with Crippen LogP contribution in [-0.4, -0.2) is 38.7 Å². The van der Waals surface area contributed by atoms with Crippen molar-refractivity contribution in [3.05, 3.63) is 0 Å². The van der Waals surface area contributed by atoms with E-state index in [1.807, 2.05) is 6.92 Å². The minimum absolute atomic E-state index is 0.0804. The second-order valence-electron chi connectivity index (χ2n) is 5.06. The number of rotatable bonds is 7. The highest BCUT2D eigenvalue weighted by atomic mass is 35.5. The van der Waals surface area contributed by atoms with Crippen LogP contribution in [0.2, 0.25) is 0 Å². The van der Waals surface area contributed by atoms with Crippen molar-refractivity contribution in [3.63, 3.8) is 0 Å². The molecule has 0 saturated carbocycles. The predicted molar refractivity (Wildman–Crippen MR) is 83.4 cm³/mol. The van der Waals surface area contributed by atoms with Crippen molar-refractivity contribution in [1.29, 1.82) is 0 Å². The van der Waals surface area contributed by atoms with Crippen molar-refractivity contribution in [2.45, 2.75) is 44.8 Å². The molecule has 0 saturated heterocycles. The highest BCUT2D eigenvalue weighted by molar-refractivity contribution is 7.99. The lowest BCUT2D eigenvalue weighted by Crippen LogP contribution is -2.27. The topological polar surface area (TPSA) is 62.7 Å². The van der Waals surface area contributed by atoms with E-state index in [2.05, 4.69) is 46.4 Å². The molecule has 1 aromatic rings. The number of aromatic nitrogens is 3. The molecular formula is C12H22ClN5S. The molecule has 2 N–H and O–H groups in total. The standard InChI is InChI=1S/C12H22ClN5S/c1-5-14-9-15-10(18-12(2,3)4)17-11(16-9)19-8-6-7-13/h5-8H2,1-4H3,(H2,14,15,16,17,18). The Morgan fingerprint density at radius 1 is 1.16 bits per heavy atom. The molecule has 0 fully saturated rings. The Morgan fingerprint density at radius 2 is 1.84 bits per heavy atom. The predicted octanol–water partition coefficient (Wildman–Crippen LogP) is 3.23.